The smallest absolute Gasteiger partial charge is 0.253 e. The maximum atomic E-state index is 13.9. The van der Waals surface area contributed by atoms with Crippen molar-refractivity contribution in [3.63, 3.8) is 0 Å². The average molecular weight is 316 g/mol. The fraction of sp³-hybridized carbons (Fsp3) is 0.250. The van der Waals surface area contributed by atoms with Crippen LogP contribution in [0.1, 0.15) is 22.8 Å². The van der Waals surface area contributed by atoms with E-state index in [9.17, 15) is 14.3 Å². The number of aryl methyl sites for hydroxylation is 1. The molecule has 120 valence electrons. The normalized spacial score (nSPS) is 13.9. The third-order valence-electron chi connectivity index (χ3n) is 3.82. The zero-order valence-electron chi connectivity index (χ0n) is 12.8. The van der Waals surface area contributed by atoms with Crippen LogP contribution in [0.25, 0.3) is 10.9 Å². The molecule has 0 spiro atoms. The first-order valence-electron chi connectivity index (χ1n) is 7.14. The number of aliphatic hydroxyl groups is 1. The lowest BCUT2D eigenvalue weighted by molar-refractivity contribution is 0.0526. The molecule has 0 aliphatic carbocycles. The monoisotopic (exact) mass is 316 g/mol. The van der Waals surface area contributed by atoms with Crippen molar-refractivity contribution in [3.05, 3.63) is 53.7 Å². The molecule has 0 fully saturated rings. The number of rotatable bonds is 4. The van der Waals surface area contributed by atoms with Crippen LogP contribution in [0.15, 0.2) is 36.8 Å². The Bertz CT molecular complexity index is 866. The molecular formula is C16H17FN4O2. The Kier molecular flexibility index (Phi) is 3.65. The van der Waals surface area contributed by atoms with Gasteiger partial charge in [-0.2, -0.15) is 5.10 Å². The lowest BCUT2D eigenvalue weighted by Crippen LogP contribution is -2.38. The zero-order valence-corrected chi connectivity index (χ0v) is 12.8. The number of hydrogen-bond donors (Lipinski definition) is 3. The summed E-state index contributed by atoms with van der Waals surface area (Å²) in [5.74, 6) is -0.918. The minimum Gasteiger partial charge on any atom is -0.383 e. The minimum absolute atomic E-state index is 0.0152. The molecule has 1 aromatic carbocycles. The fourth-order valence-corrected chi connectivity index (χ4v) is 2.47. The van der Waals surface area contributed by atoms with Gasteiger partial charge in [-0.25, -0.2) is 4.39 Å². The van der Waals surface area contributed by atoms with E-state index in [1.54, 1.807) is 37.0 Å². The maximum absolute atomic E-state index is 13.9. The van der Waals surface area contributed by atoms with Crippen molar-refractivity contribution in [3.8, 4) is 0 Å². The van der Waals surface area contributed by atoms with Crippen LogP contribution in [0.4, 0.5) is 4.39 Å². The quantitative estimate of drug-likeness (QED) is 0.685. The predicted molar refractivity (Wildman–Crippen MR) is 83.4 cm³/mol. The molecule has 0 aliphatic rings. The molecule has 2 aromatic heterocycles. The van der Waals surface area contributed by atoms with E-state index in [-0.39, 0.29) is 17.5 Å². The molecule has 7 heteroatoms. The van der Waals surface area contributed by atoms with E-state index in [1.807, 2.05) is 0 Å². The molecule has 2 heterocycles. The van der Waals surface area contributed by atoms with Gasteiger partial charge in [-0.3, -0.25) is 9.48 Å². The predicted octanol–water partition coefficient (Wildman–Crippen LogP) is 1.68. The van der Waals surface area contributed by atoms with Crippen LogP contribution in [0.5, 0.6) is 0 Å². The van der Waals surface area contributed by atoms with Gasteiger partial charge in [0.25, 0.3) is 5.91 Å². The fourth-order valence-electron chi connectivity index (χ4n) is 2.47. The van der Waals surface area contributed by atoms with E-state index < -0.39 is 17.3 Å². The van der Waals surface area contributed by atoms with Crippen molar-refractivity contribution >= 4 is 16.8 Å². The largest absolute Gasteiger partial charge is 0.383 e. The first-order chi connectivity index (χ1) is 10.9. The molecule has 1 atom stereocenters. The second kappa shape index (κ2) is 5.51. The van der Waals surface area contributed by atoms with Crippen LogP contribution in [0.2, 0.25) is 0 Å². The van der Waals surface area contributed by atoms with E-state index in [1.165, 1.54) is 18.5 Å². The summed E-state index contributed by atoms with van der Waals surface area (Å²) in [4.78, 5) is 15.2. The number of fused-ring (bicyclic) bond motifs is 1. The molecule has 0 bridgehead atoms. The van der Waals surface area contributed by atoms with E-state index >= 15 is 0 Å². The molecular weight excluding hydrogens is 299 g/mol. The summed E-state index contributed by atoms with van der Waals surface area (Å²) in [5.41, 5.74) is 0.0776. The van der Waals surface area contributed by atoms with Crippen LogP contribution in [0.3, 0.4) is 0 Å². The number of carbonyl (C=O) groups excluding carboxylic acids is 1. The second-order valence-corrected chi connectivity index (χ2v) is 5.72. The van der Waals surface area contributed by atoms with Crippen LogP contribution in [-0.4, -0.2) is 32.3 Å². The number of carbonyl (C=O) groups is 1. The highest BCUT2D eigenvalue weighted by Crippen LogP contribution is 2.22. The van der Waals surface area contributed by atoms with E-state index in [2.05, 4.69) is 15.4 Å². The third-order valence-corrected chi connectivity index (χ3v) is 3.82. The molecule has 0 aliphatic heterocycles. The van der Waals surface area contributed by atoms with Crippen molar-refractivity contribution < 1.29 is 14.3 Å². The summed E-state index contributed by atoms with van der Waals surface area (Å²) in [6.07, 6.45) is 4.68. The number of H-pyrrole nitrogens is 1. The standard InChI is InChI=1S/C16H17FN4O2/c1-16(23,10-6-20-21(2)8-10)9-19-15(22)11-7-18-13-5-3-4-12(17)14(11)13/h3-8,18,23H,9H2,1-2H3,(H,19,22). The van der Waals surface area contributed by atoms with Gasteiger partial charge in [-0.05, 0) is 19.1 Å². The van der Waals surface area contributed by atoms with Gasteiger partial charge in [-0.1, -0.05) is 6.07 Å². The van der Waals surface area contributed by atoms with Crippen molar-refractivity contribution in [2.24, 2.45) is 7.05 Å². The van der Waals surface area contributed by atoms with Crippen LogP contribution in [-0.2, 0) is 12.6 Å². The maximum Gasteiger partial charge on any atom is 0.253 e. The van der Waals surface area contributed by atoms with Crippen molar-refractivity contribution in [2.45, 2.75) is 12.5 Å². The highest BCUT2D eigenvalue weighted by Gasteiger charge is 2.26. The number of halogens is 1. The van der Waals surface area contributed by atoms with Gasteiger partial charge in [0.15, 0.2) is 0 Å². The Hall–Kier alpha value is -2.67. The summed E-state index contributed by atoms with van der Waals surface area (Å²) >= 11 is 0. The topological polar surface area (TPSA) is 82.9 Å². The second-order valence-electron chi connectivity index (χ2n) is 5.72. The molecule has 1 amide bonds. The van der Waals surface area contributed by atoms with Crippen molar-refractivity contribution in [1.29, 1.82) is 0 Å². The number of nitrogens with one attached hydrogen (secondary N) is 2. The van der Waals surface area contributed by atoms with Gasteiger partial charge in [0.05, 0.1) is 18.3 Å². The number of amides is 1. The first kappa shape index (κ1) is 15.2. The summed E-state index contributed by atoms with van der Waals surface area (Å²) in [7, 11) is 1.74. The number of aromatic amines is 1. The Morgan fingerprint density at radius 1 is 1.52 bits per heavy atom. The van der Waals surface area contributed by atoms with E-state index in [0.29, 0.717) is 11.1 Å². The van der Waals surface area contributed by atoms with Crippen molar-refractivity contribution in [1.82, 2.24) is 20.1 Å². The lowest BCUT2D eigenvalue weighted by atomic mass is 9.99. The number of aromatic nitrogens is 3. The number of hydrogen-bond acceptors (Lipinski definition) is 3. The molecule has 3 rings (SSSR count). The van der Waals surface area contributed by atoms with Crippen LogP contribution < -0.4 is 5.32 Å². The van der Waals surface area contributed by atoms with Gasteiger partial charge < -0.3 is 15.4 Å². The number of benzene rings is 1. The molecule has 0 saturated heterocycles. The summed E-state index contributed by atoms with van der Waals surface area (Å²) < 4.78 is 15.5. The highest BCUT2D eigenvalue weighted by molar-refractivity contribution is 6.06. The molecule has 1 unspecified atom stereocenters. The molecule has 3 N–H and O–H groups in total. The lowest BCUT2D eigenvalue weighted by Gasteiger charge is -2.22. The molecule has 0 radical (unpaired) electrons. The summed E-state index contributed by atoms with van der Waals surface area (Å²) in [5, 5.41) is 17.3. The summed E-state index contributed by atoms with van der Waals surface area (Å²) in [6, 6.07) is 4.57. The van der Waals surface area contributed by atoms with E-state index in [0.717, 1.165) is 0 Å². The minimum atomic E-state index is -1.27. The van der Waals surface area contributed by atoms with Gasteiger partial charge >= 0.3 is 0 Å². The zero-order chi connectivity index (χ0) is 16.6. The molecule has 23 heavy (non-hydrogen) atoms. The SMILES string of the molecule is Cn1cc(C(C)(O)CNC(=O)c2c[nH]c3cccc(F)c23)cn1. The summed E-state index contributed by atoms with van der Waals surface area (Å²) in [6.45, 7) is 1.57. The number of nitrogens with zero attached hydrogens (tertiary/aromatic N) is 2. The van der Waals surface area contributed by atoms with Crippen LogP contribution >= 0.6 is 0 Å². The van der Waals surface area contributed by atoms with Crippen LogP contribution in [0, 0.1) is 5.82 Å². The Balaban J connectivity index is 1.79. The van der Waals surface area contributed by atoms with Gasteiger partial charge in [0.1, 0.15) is 11.4 Å². The van der Waals surface area contributed by atoms with E-state index in [4.69, 9.17) is 0 Å². The third kappa shape index (κ3) is 2.83. The van der Waals surface area contributed by atoms with Gasteiger partial charge in [0, 0.05) is 35.9 Å². The van der Waals surface area contributed by atoms with Gasteiger partial charge in [0.2, 0.25) is 0 Å². The first-order valence-corrected chi connectivity index (χ1v) is 7.14. The molecule has 3 aromatic rings. The molecule has 0 saturated carbocycles. The van der Waals surface area contributed by atoms with Gasteiger partial charge in [-0.15, -0.1) is 0 Å². The Morgan fingerprint density at radius 2 is 2.30 bits per heavy atom. The van der Waals surface area contributed by atoms with Crippen molar-refractivity contribution in [2.75, 3.05) is 6.54 Å². The highest BCUT2D eigenvalue weighted by atomic mass is 19.1. The Labute approximate surface area is 131 Å². The molecule has 6 nitrogen and oxygen atoms in total. The average Bonchev–Trinajstić information content (AvgIpc) is 3.12. The Morgan fingerprint density at radius 3 is 3.00 bits per heavy atom.